The van der Waals surface area contributed by atoms with Gasteiger partial charge in [0.1, 0.15) is 5.41 Å². The van der Waals surface area contributed by atoms with Crippen LogP contribution < -0.4 is 5.32 Å². The molecule has 100 valence electrons. The molecule has 0 aromatic carbocycles. The van der Waals surface area contributed by atoms with Gasteiger partial charge < -0.3 is 10.2 Å². The lowest BCUT2D eigenvalue weighted by atomic mass is 9.87. The third-order valence-corrected chi connectivity index (χ3v) is 3.62. The van der Waals surface area contributed by atoms with Gasteiger partial charge in [-0.15, -0.1) is 0 Å². The summed E-state index contributed by atoms with van der Waals surface area (Å²) >= 11 is 0. The van der Waals surface area contributed by atoms with Gasteiger partial charge in [0.15, 0.2) is 0 Å². The smallest absolute Gasteiger partial charge is 0.242 e. The molecule has 1 atom stereocenters. The Morgan fingerprint density at radius 1 is 1.44 bits per heavy atom. The highest BCUT2D eigenvalue weighted by atomic mass is 16.2. The Bertz CT molecular complexity index is 367. The molecule has 1 rings (SSSR count). The van der Waals surface area contributed by atoms with Crippen LogP contribution in [0.4, 0.5) is 0 Å². The van der Waals surface area contributed by atoms with Crippen molar-refractivity contribution in [1.82, 2.24) is 10.2 Å². The lowest BCUT2D eigenvalue weighted by Crippen LogP contribution is -2.49. The molecule has 0 aromatic heterocycles. The van der Waals surface area contributed by atoms with Crippen LogP contribution >= 0.6 is 0 Å². The molecule has 0 aliphatic carbocycles. The van der Waals surface area contributed by atoms with Crippen LogP contribution in [0.25, 0.3) is 0 Å². The van der Waals surface area contributed by atoms with Crippen LogP contribution in [-0.2, 0) is 9.59 Å². The molecular formula is C13H21N3O2. The first-order valence-electron chi connectivity index (χ1n) is 6.40. The Labute approximate surface area is 108 Å². The predicted molar refractivity (Wildman–Crippen MR) is 67.4 cm³/mol. The second-order valence-corrected chi connectivity index (χ2v) is 5.06. The SMILES string of the molecule is CCC(C)(C#N)C(=O)N1CCC(NC(C)=O)CC1. The maximum atomic E-state index is 12.2. The summed E-state index contributed by atoms with van der Waals surface area (Å²) < 4.78 is 0. The van der Waals surface area contributed by atoms with E-state index in [0.717, 1.165) is 12.8 Å². The van der Waals surface area contributed by atoms with Crippen LogP contribution in [0.5, 0.6) is 0 Å². The van der Waals surface area contributed by atoms with Crippen molar-refractivity contribution in [3.8, 4) is 6.07 Å². The second kappa shape index (κ2) is 5.85. The van der Waals surface area contributed by atoms with E-state index in [1.54, 1.807) is 11.8 Å². The molecule has 1 heterocycles. The highest BCUT2D eigenvalue weighted by Gasteiger charge is 2.36. The lowest BCUT2D eigenvalue weighted by molar-refractivity contribution is -0.139. The molecule has 5 nitrogen and oxygen atoms in total. The summed E-state index contributed by atoms with van der Waals surface area (Å²) in [6.07, 6.45) is 2.04. The maximum Gasteiger partial charge on any atom is 0.242 e. The monoisotopic (exact) mass is 251 g/mol. The van der Waals surface area contributed by atoms with Gasteiger partial charge in [-0.2, -0.15) is 5.26 Å². The molecule has 18 heavy (non-hydrogen) atoms. The normalized spacial score (nSPS) is 19.8. The summed E-state index contributed by atoms with van der Waals surface area (Å²) in [7, 11) is 0. The molecule has 0 spiro atoms. The molecule has 2 amide bonds. The van der Waals surface area contributed by atoms with Crippen molar-refractivity contribution < 1.29 is 9.59 Å². The number of carbonyl (C=O) groups excluding carboxylic acids is 2. The van der Waals surface area contributed by atoms with Crippen LogP contribution in [0.3, 0.4) is 0 Å². The van der Waals surface area contributed by atoms with Crippen LogP contribution in [0, 0.1) is 16.7 Å². The Morgan fingerprint density at radius 2 is 2.00 bits per heavy atom. The first kappa shape index (κ1) is 14.5. The zero-order chi connectivity index (χ0) is 13.8. The van der Waals surface area contributed by atoms with Crippen LogP contribution in [0.2, 0.25) is 0 Å². The van der Waals surface area contributed by atoms with Crippen molar-refractivity contribution in [1.29, 1.82) is 5.26 Å². The van der Waals surface area contributed by atoms with Crippen molar-refractivity contribution in [2.75, 3.05) is 13.1 Å². The standard InChI is InChI=1S/C13H21N3O2/c1-4-13(3,9-14)12(18)16-7-5-11(6-8-16)15-10(2)17/h11H,4-8H2,1-3H3,(H,15,17). The third kappa shape index (κ3) is 3.22. The predicted octanol–water partition coefficient (Wildman–Crippen LogP) is 1.05. The average Bonchev–Trinajstić information content (AvgIpc) is 2.37. The van der Waals surface area contributed by atoms with E-state index < -0.39 is 5.41 Å². The summed E-state index contributed by atoms with van der Waals surface area (Å²) in [6, 6.07) is 2.26. The van der Waals surface area contributed by atoms with E-state index in [4.69, 9.17) is 5.26 Å². The zero-order valence-electron chi connectivity index (χ0n) is 11.3. The topological polar surface area (TPSA) is 73.2 Å². The van der Waals surface area contributed by atoms with Crippen LogP contribution in [0.15, 0.2) is 0 Å². The average molecular weight is 251 g/mol. The van der Waals surface area contributed by atoms with Gasteiger partial charge in [-0.3, -0.25) is 9.59 Å². The fourth-order valence-electron chi connectivity index (χ4n) is 2.14. The van der Waals surface area contributed by atoms with E-state index in [1.807, 2.05) is 6.92 Å². The summed E-state index contributed by atoms with van der Waals surface area (Å²) in [5, 5.41) is 12.0. The number of nitrogens with zero attached hydrogens (tertiary/aromatic N) is 2. The third-order valence-electron chi connectivity index (χ3n) is 3.62. The Morgan fingerprint density at radius 3 is 2.39 bits per heavy atom. The summed E-state index contributed by atoms with van der Waals surface area (Å²) in [4.78, 5) is 24.9. The minimum Gasteiger partial charge on any atom is -0.353 e. The number of likely N-dealkylation sites (tertiary alicyclic amines) is 1. The second-order valence-electron chi connectivity index (χ2n) is 5.06. The van der Waals surface area contributed by atoms with Gasteiger partial charge in [0, 0.05) is 26.1 Å². The number of nitrogens with one attached hydrogen (secondary N) is 1. The highest BCUT2D eigenvalue weighted by Crippen LogP contribution is 2.25. The Kier molecular flexibility index (Phi) is 4.71. The molecular weight excluding hydrogens is 230 g/mol. The first-order valence-corrected chi connectivity index (χ1v) is 6.40. The highest BCUT2D eigenvalue weighted by molar-refractivity contribution is 5.85. The van der Waals surface area contributed by atoms with Gasteiger partial charge in [0.2, 0.25) is 11.8 Å². The minimum atomic E-state index is -0.916. The lowest BCUT2D eigenvalue weighted by Gasteiger charge is -2.35. The molecule has 1 aliphatic rings. The van der Waals surface area contributed by atoms with Crippen molar-refractivity contribution >= 4 is 11.8 Å². The van der Waals surface area contributed by atoms with E-state index in [2.05, 4.69) is 11.4 Å². The number of piperidine rings is 1. The number of hydrogen-bond donors (Lipinski definition) is 1. The number of hydrogen-bond acceptors (Lipinski definition) is 3. The molecule has 0 bridgehead atoms. The molecule has 0 aromatic rings. The molecule has 5 heteroatoms. The van der Waals surface area contributed by atoms with E-state index in [9.17, 15) is 9.59 Å². The van der Waals surface area contributed by atoms with Gasteiger partial charge in [0.05, 0.1) is 6.07 Å². The van der Waals surface area contributed by atoms with E-state index in [0.29, 0.717) is 19.5 Å². The van der Waals surface area contributed by atoms with E-state index >= 15 is 0 Å². The first-order chi connectivity index (χ1) is 8.42. The summed E-state index contributed by atoms with van der Waals surface area (Å²) in [5.74, 6) is -0.121. The van der Waals surface area contributed by atoms with Gasteiger partial charge in [-0.25, -0.2) is 0 Å². The number of nitriles is 1. The summed E-state index contributed by atoms with van der Waals surface area (Å²) in [6.45, 7) is 6.27. The molecule has 1 unspecified atom stereocenters. The van der Waals surface area contributed by atoms with Crippen molar-refractivity contribution in [3.63, 3.8) is 0 Å². The number of rotatable bonds is 3. The Balaban J connectivity index is 2.56. The molecule has 1 fully saturated rings. The number of amides is 2. The molecule has 0 radical (unpaired) electrons. The maximum absolute atomic E-state index is 12.2. The molecule has 1 N–H and O–H groups in total. The van der Waals surface area contributed by atoms with Gasteiger partial charge in [0.25, 0.3) is 0 Å². The van der Waals surface area contributed by atoms with Crippen LogP contribution in [-0.4, -0.2) is 35.8 Å². The molecule has 1 saturated heterocycles. The quantitative estimate of drug-likeness (QED) is 0.815. The van der Waals surface area contributed by atoms with E-state index in [1.165, 1.54) is 6.92 Å². The van der Waals surface area contributed by atoms with Gasteiger partial charge in [-0.05, 0) is 26.2 Å². The van der Waals surface area contributed by atoms with Crippen molar-refractivity contribution in [2.24, 2.45) is 5.41 Å². The fraction of sp³-hybridized carbons (Fsp3) is 0.769. The van der Waals surface area contributed by atoms with Gasteiger partial charge in [-0.1, -0.05) is 6.92 Å². The van der Waals surface area contributed by atoms with E-state index in [-0.39, 0.29) is 17.9 Å². The molecule has 0 saturated carbocycles. The molecule has 1 aliphatic heterocycles. The number of carbonyl (C=O) groups is 2. The Hall–Kier alpha value is -1.57. The zero-order valence-corrected chi connectivity index (χ0v) is 11.3. The minimum absolute atomic E-state index is 0.0322. The summed E-state index contributed by atoms with van der Waals surface area (Å²) in [5.41, 5.74) is -0.916. The van der Waals surface area contributed by atoms with Gasteiger partial charge >= 0.3 is 0 Å². The largest absolute Gasteiger partial charge is 0.353 e. The van der Waals surface area contributed by atoms with Crippen molar-refractivity contribution in [2.45, 2.75) is 46.1 Å². The van der Waals surface area contributed by atoms with Crippen molar-refractivity contribution in [3.05, 3.63) is 0 Å². The van der Waals surface area contributed by atoms with Crippen LogP contribution in [0.1, 0.15) is 40.0 Å². The fourth-order valence-corrected chi connectivity index (χ4v) is 2.14.